The minimum Gasteiger partial charge on any atom is -0.465 e. The minimum absolute atomic E-state index is 0.0433. The van der Waals surface area contributed by atoms with Gasteiger partial charge in [-0.3, -0.25) is 4.90 Å². The van der Waals surface area contributed by atoms with Gasteiger partial charge < -0.3 is 10.0 Å². The number of hydrogen-bond donors (Lipinski definition) is 1. The third kappa shape index (κ3) is 5.55. The van der Waals surface area contributed by atoms with E-state index in [-0.39, 0.29) is 29.9 Å². The van der Waals surface area contributed by atoms with Crippen molar-refractivity contribution in [3.63, 3.8) is 0 Å². The number of halogens is 5. The summed E-state index contributed by atoms with van der Waals surface area (Å²) in [6, 6.07) is 2.56. The number of benzene rings is 1. The molecule has 0 radical (unpaired) electrons. The smallest absolute Gasteiger partial charge is 0.408 e. The van der Waals surface area contributed by atoms with Crippen LogP contribution < -0.4 is 0 Å². The maximum Gasteiger partial charge on any atom is 0.408 e. The molecule has 1 saturated heterocycles. The van der Waals surface area contributed by atoms with E-state index in [0.717, 1.165) is 15.9 Å². The second-order valence-electron chi connectivity index (χ2n) is 8.09. The Morgan fingerprint density at radius 3 is 2.38 bits per heavy atom. The molecule has 4 nitrogen and oxygen atoms in total. The number of carbonyl (C=O) groups is 1. The molecule has 1 aromatic carbocycles. The Hall–Kier alpha value is -1.97. The first-order chi connectivity index (χ1) is 13.2. The third-order valence-corrected chi connectivity index (χ3v) is 5.39. The van der Waals surface area contributed by atoms with Crippen LogP contribution in [-0.2, 0) is 0 Å². The molecule has 1 aromatic rings. The number of thiocarbonyl (C=S) groups is 1. The van der Waals surface area contributed by atoms with E-state index < -0.39 is 47.9 Å². The van der Waals surface area contributed by atoms with Gasteiger partial charge in [-0.15, -0.1) is 0 Å². The molecule has 2 rings (SSSR count). The van der Waals surface area contributed by atoms with Crippen molar-refractivity contribution in [1.29, 1.82) is 0 Å². The molecule has 29 heavy (non-hydrogen) atoms. The van der Waals surface area contributed by atoms with Gasteiger partial charge in [0, 0.05) is 18.0 Å². The molecule has 0 aliphatic carbocycles. The lowest BCUT2D eigenvalue weighted by Crippen LogP contribution is -2.57. The number of likely N-dealkylation sites (tertiary alicyclic amines) is 1. The van der Waals surface area contributed by atoms with Crippen LogP contribution in [0.2, 0.25) is 0 Å². The predicted molar refractivity (Wildman–Crippen MR) is 102 cm³/mol. The first kappa shape index (κ1) is 23.3. The minimum atomic E-state index is -4.60. The van der Waals surface area contributed by atoms with Crippen molar-refractivity contribution in [3.05, 3.63) is 35.4 Å². The Kier molecular flexibility index (Phi) is 6.76. The highest BCUT2D eigenvalue weighted by atomic mass is 32.1. The zero-order valence-electron chi connectivity index (χ0n) is 16.3. The highest BCUT2D eigenvalue weighted by Crippen LogP contribution is 2.34. The van der Waals surface area contributed by atoms with Gasteiger partial charge in [0.2, 0.25) is 0 Å². The molecule has 0 aromatic heterocycles. The monoisotopic (exact) mass is 438 g/mol. The second-order valence-corrected chi connectivity index (χ2v) is 8.51. The molecule has 0 bridgehead atoms. The van der Waals surface area contributed by atoms with Crippen LogP contribution in [0.4, 0.5) is 26.7 Å². The van der Waals surface area contributed by atoms with Gasteiger partial charge in [0.1, 0.15) is 11.5 Å². The van der Waals surface area contributed by atoms with Crippen LogP contribution in [0.5, 0.6) is 0 Å². The van der Waals surface area contributed by atoms with Crippen molar-refractivity contribution in [3.8, 4) is 0 Å². The number of carboxylic acid groups (broad SMARTS) is 1. The average Bonchev–Trinajstić information content (AvgIpc) is 2.68. The molecule has 162 valence electrons. The molecule has 2 atom stereocenters. The molecule has 1 aliphatic rings. The normalized spacial score (nSPS) is 21.1. The van der Waals surface area contributed by atoms with Gasteiger partial charge in [0.15, 0.2) is 11.6 Å². The van der Waals surface area contributed by atoms with Crippen molar-refractivity contribution in [2.45, 2.75) is 57.3 Å². The largest absolute Gasteiger partial charge is 0.465 e. The van der Waals surface area contributed by atoms with Gasteiger partial charge in [-0.05, 0) is 45.2 Å². The molecule has 1 amide bonds. The lowest BCUT2D eigenvalue weighted by Gasteiger charge is -2.41. The molecule has 10 heteroatoms. The van der Waals surface area contributed by atoms with Crippen LogP contribution in [0, 0.1) is 11.6 Å². The summed E-state index contributed by atoms with van der Waals surface area (Å²) in [7, 11) is 0. The van der Waals surface area contributed by atoms with Crippen molar-refractivity contribution in [1.82, 2.24) is 9.80 Å². The standard InChI is InChI=1S/C19H23F5N2O2S/c1-18(2,3)26(17(27)28)14-8-7-11(12-5-4-6-13(20)15(12)21)9-25(16(14)29)10-19(22,23)24/h4-6,11,14H,7-10H2,1-3H3,(H,27,28)/t11-,14-/m1/s1. The van der Waals surface area contributed by atoms with E-state index in [1.807, 2.05) is 0 Å². The van der Waals surface area contributed by atoms with E-state index in [1.165, 1.54) is 12.1 Å². The second kappa shape index (κ2) is 8.41. The summed E-state index contributed by atoms with van der Waals surface area (Å²) in [5.74, 6) is -2.97. The fraction of sp³-hybridized carbons (Fsp3) is 0.579. The summed E-state index contributed by atoms with van der Waals surface area (Å²) in [5, 5.41) is 9.67. The average molecular weight is 438 g/mol. The van der Waals surface area contributed by atoms with Gasteiger partial charge in [-0.25, -0.2) is 13.6 Å². The van der Waals surface area contributed by atoms with Crippen LogP contribution >= 0.6 is 12.2 Å². The van der Waals surface area contributed by atoms with Crippen molar-refractivity contribution >= 4 is 23.3 Å². The summed E-state index contributed by atoms with van der Waals surface area (Å²) in [6.07, 6.45) is -5.66. The summed E-state index contributed by atoms with van der Waals surface area (Å²) >= 11 is 5.28. The van der Waals surface area contributed by atoms with Gasteiger partial charge >= 0.3 is 12.3 Å². The van der Waals surface area contributed by atoms with Crippen molar-refractivity contribution in [2.75, 3.05) is 13.1 Å². The number of hydrogen-bond acceptors (Lipinski definition) is 2. The van der Waals surface area contributed by atoms with Crippen LogP contribution in [0.1, 0.15) is 45.1 Å². The number of amides is 1. The number of rotatable bonds is 3. The van der Waals surface area contributed by atoms with Crippen LogP contribution in [-0.4, -0.2) is 56.8 Å². The summed E-state index contributed by atoms with van der Waals surface area (Å²) < 4.78 is 67.5. The Morgan fingerprint density at radius 1 is 1.24 bits per heavy atom. The fourth-order valence-electron chi connectivity index (χ4n) is 3.72. The molecular weight excluding hydrogens is 415 g/mol. The molecule has 1 N–H and O–H groups in total. The third-order valence-electron chi connectivity index (χ3n) is 4.86. The lowest BCUT2D eigenvalue weighted by atomic mass is 9.92. The molecule has 1 fully saturated rings. The molecule has 0 unspecified atom stereocenters. The van der Waals surface area contributed by atoms with Crippen molar-refractivity contribution < 1.29 is 31.9 Å². The maximum absolute atomic E-state index is 14.3. The lowest BCUT2D eigenvalue weighted by molar-refractivity contribution is -0.138. The first-order valence-electron chi connectivity index (χ1n) is 9.04. The molecule has 1 aliphatic heterocycles. The molecular formula is C19H23F5N2O2S. The quantitative estimate of drug-likeness (QED) is 0.522. The summed E-state index contributed by atoms with van der Waals surface area (Å²) in [6.45, 7) is 3.17. The van der Waals surface area contributed by atoms with E-state index in [0.29, 0.717) is 0 Å². The summed E-state index contributed by atoms with van der Waals surface area (Å²) in [5.41, 5.74) is -0.965. The Balaban J connectivity index is 2.48. The zero-order chi connectivity index (χ0) is 22.1. The molecule has 0 spiro atoms. The summed E-state index contributed by atoms with van der Waals surface area (Å²) in [4.78, 5) is 13.6. The number of nitrogens with zero attached hydrogens (tertiary/aromatic N) is 2. The Labute approximate surface area is 171 Å². The maximum atomic E-state index is 14.3. The van der Waals surface area contributed by atoms with E-state index >= 15 is 0 Å². The first-order valence-corrected chi connectivity index (χ1v) is 9.45. The topological polar surface area (TPSA) is 43.8 Å². The van der Waals surface area contributed by atoms with Gasteiger partial charge in [0.25, 0.3) is 0 Å². The van der Waals surface area contributed by atoms with Crippen LogP contribution in [0.25, 0.3) is 0 Å². The zero-order valence-corrected chi connectivity index (χ0v) is 17.1. The van der Waals surface area contributed by atoms with Gasteiger partial charge in [0.05, 0.1) is 6.04 Å². The Bertz CT molecular complexity index is 779. The van der Waals surface area contributed by atoms with Crippen LogP contribution in [0.3, 0.4) is 0 Å². The van der Waals surface area contributed by atoms with Crippen molar-refractivity contribution in [2.24, 2.45) is 0 Å². The van der Waals surface area contributed by atoms with E-state index in [4.69, 9.17) is 12.2 Å². The van der Waals surface area contributed by atoms with Crippen LogP contribution in [0.15, 0.2) is 18.2 Å². The van der Waals surface area contributed by atoms with E-state index in [1.54, 1.807) is 20.8 Å². The predicted octanol–water partition coefficient (Wildman–Crippen LogP) is 5.18. The van der Waals surface area contributed by atoms with Gasteiger partial charge in [-0.1, -0.05) is 24.4 Å². The van der Waals surface area contributed by atoms with E-state index in [2.05, 4.69) is 0 Å². The van der Waals surface area contributed by atoms with E-state index in [9.17, 15) is 31.9 Å². The molecule has 1 heterocycles. The molecule has 0 saturated carbocycles. The highest BCUT2D eigenvalue weighted by Gasteiger charge is 2.42. The Morgan fingerprint density at radius 2 is 1.86 bits per heavy atom. The number of alkyl halides is 3. The fourth-order valence-corrected chi connectivity index (χ4v) is 4.08. The SMILES string of the molecule is CC(C)(C)N(C(=O)O)[C@@H]1CC[C@@H](c2cccc(F)c2F)CN(CC(F)(F)F)C1=S. The highest BCUT2D eigenvalue weighted by molar-refractivity contribution is 7.80. The van der Waals surface area contributed by atoms with Gasteiger partial charge in [-0.2, -0.15) is 13.2 Å².